The van der Waals surface area contributed by atoms with Gasteiger partial charge in [0.05, 0.1) is 19.2 Å². The average molecular weight is 506 g/mol. The normalized spacial score (nSPS) is 15.5. The lowest BCUT2D eigenvalue weighted by molar-refractivity contribution is -0.274. The van der Waals surface area contributed by atoms with Crippen LogP contribution in [-0.2, 0) is 11.3 Å². The summed E-state index contributed by atoms with van der Waals surface area (Å²) in [6, 6.07) is 11.1. The number of rotatable bonds is 6. The van der Waals surface area contributed by atoms with Crippen molar-refractivity contribution < 1.29 is 42.1 Å². The lowest BCUT2D eigenvalue weighted by Crippen LogP contribution is -2.52. The molecule has 1 N–H and O–H groups in total. The number of carbonyl (C=O) groups is 2. The summed E-state index contributed by atoms with van der Waals surface area (Å²) < 4.78 is 53.8. The van der Waals surface area contributed by atoms with E-state index >= 15 is 0 Å². The number of aliphatic hydroxyl groups excluding tert-OH is 1. The minimum atomic E-state index is -4.89. The second kappa shape index (κ2) is 9.41. The number of benzene rings is 2. The quantitative estimate of drug-likeness (QED) is 0.508. The smallest absolute Gasteiger partial charge is 0.465 e. The molecule has 2 heterocycles. The Morgan fingerprint density at radius 2 is 1.75 bits per heavy atom. The van der Waals surface area contributed by atoms with E-state index in [1.165, 1.54) is 42.8 Å². The molecule has 0 saturated carbocycles. The standard InChI is InChI=1S/C23H21F3N4O6/c1-28-18-17(19(31)29(2)22(28)33)30(12-13-7-9-14(10-8-13)20(32)34-3)21(27-18)35-15-5-4-6-16(11-15)36-23(24,25)26/h4-11,22,33H,12H2,1-3H3. The number of alkyl halides is 3. The first-order valence-electron chi connectivity index (χ1n) is 10.5. The maximum Gasteiger partial charge on any atom is 0.573 e. The van der Waals surface area contributed by atoms with Crippen molar-refractivity contribution in [2.75, 3.05) is 26.1 Å². The van der Waals surface area contributed by atoms with Gasteiger partial charge in [-0.05, 0) is 29.8 Å². The monoisotopic (exact) mass is 506 g/mol. The number of hydrogen-bond donors (Lipinski definition) is 1. The van der Waals surface area contributed by atoms with Crippen LogP contribution in [0.1, 0.15) is 26.4 Å². The van der Waals surface area contributed by atoms with Crippen molar-refractivity contribution in [1.29, 1.82) is 0 Å². The summed E-state index contributed by atoms with van der Waals surface area (Å²) in [5.74, 6) is -1.46. The fraction of sp³-hybridized carbons (Fsp3) is 0.261. The molecule has 0 bridgehead atoms. The molecule has 1 aliphatic rings. The van der Waals surface area contributed by atoms with E-state index < -0.39 is 30.3 Å². The Bertz CT molecular complexity index is 1290. The second-order valence-electron chi connectivity index (χ2n) is 7.84. The van der Waals surface area contributed by atoms with E-state index in [1.807, 2.05) is 0 Å². The molecule has 1 amide bonds. The van der Waals surface area contributed by atoms with Crippen LogP contribution in [0.3, 0.4) is 0 Å². The fourth-order valence-corrected chi connectivity index (χ4v) is 3.63. The van der Waals surface area contributed by atoms with E-state index in [0.717, 1.165) is 17.0 Å². The van der Waals surface area contributed by atoms with Gasteiger partial charge in [-0.3, -0.25) is 14.3 Å². The fourth-order valence-electron chi connectivity index (χ4n) is 3.63. The number of imidazole rings is 1. The lowest BCUT2D eigenvalue weighted by atomic mass is 10.1. The molecule has 0 aliphatic carbocycles. The molecule has 0 radical (unpaired) electrons. The van der Waals surface area contributed by atoms with E-state index in [4.69, 9.17) is 9.47 Å². The molecule has 1 unspecified atom stereocenters. The van der Waals surface area contributed by atoms with Crippen molar-refractivity contribution in [3.63, 3.8) is 0 Å². The van der Waals surface area contributed by atoms with Crippen molar-refractivity contribution in [3.8, 4) is 17.5 Å². The van der Waals surface area contributed by atoms with Crippen LogP contribution >= 0.6 is 0 Å². The van der Waals surface area contributed by atoms with E-state index in [1.54, 1.807) is 24.3 Å². The highest BCUT2D eigenvalue weighted by atomic mass is 19.4. The lowest BCUT2D eigenvalue weighted by Gasteiger charge is -2.36. The van der Waals surface area contributed by atoms with Crippen LogP contribution in [0, 0.1) is 0 Å². The predicted octanol–water partition coefficient (Wildman–Crippen LogP) is 3.21. The van der Waals surface area contributed by atoms with Gasteiger partial charge < -0.3 is 24.2 Å². The van der Waals surface area contributed by atoms with Gasteiger partial charge >= 0.3 is 18.3 Å². The van der Waals surface area contributed by atoms with Crippen LogP contribution in [0.2, 0.25) is 0 Å². The van der Waals surface area contributed by atoms with E-state index in [2.05, 4.69) is 9.72 Å². The molecule has 2 aromatic carbocycles. The van der Waals surface area contributed by atoms with Gasteiger partial charge in [0.1, 0.15) is 11.5 Å². The van der Waals surface area contributed by atoms with Gasteiger partial charge in [0.2, 0.25) is 6.35 Å². The van der Waals surface area contributed by atoms with Crippen LogP contribution in [0.4, 0.5) is 19.0 Å². The van der Waals surface area contributed by atoms with Crippen molar-refractivity contribution in [2.45, 2.75) is 19.3 Å². The Kier molecular flexibility index (Phi) is 6.50. The molecule has 1 aromatic heterocycles. The third-order valence-electron chi connectivity index (χ3n) is 5.43. The van der Waals surface area contributed by atoms with E-state index in [9.17, 15) is 27.9 Å². The molecule has 36 heavy (non-hydrogen) atoms. The molecular formula is C23H21F3N4O6. The number of methoxy groups -OCH3 is 1. The van der Waals surface area contributed by atoms with Gasteiger partial charge in [0.25, 0.3) is 5.91 Å². The number of hydrogen-bond acceptors (Lipinski definition) is 8. The molecule has 190 valence electrons. The maximum atomic E-state index is 13.1. The summed E-state index contributed by atoms with van der Waals surface area (Å²) in [5, 5.41) is 10.4. The van der Waals surface area contributed by atoms with E-state index in [-0.39, 0.29) is 29.8 Å². The number of anilines is 1. The highest BCUT2D eigenvalue weighted by Crippen LogP contribution is 2.35. The Morgan fingerprint density at radius 3 is 2.39 bits per heavy atom. The van der Waals surface area contributed by atoms with Crippen LogP contribution in [0.25, 0.3) is 0 Å². The molecule has 10 nitrogen and oxygen atoms in total. The Labute approximate surface area is 203 Å². The second-order valence-corrected chi connectivity index (χ2v) is 7.84. The first kappa shape index (κ1) is 24.9. The highest BCUT2D eigenvalue weighted by molar-refractivity contribution is 5.99. The SMILES string of the molecule is COC(=O)c1ccc(Cn2c(Oc3cccc(OC(F)(F)F)c3)nc3c2C(=O)N(C)C(O)N3C)cc1. The summed E-state index contributed by atoms with van der Waals surface area (Å²) in [5.41, 5.74) is 1.08. The van der Waals surface area contributed by atoms with Crippen molar-refractivity contribution in [2.24, 2.45) is 0 Å². The number of fused-ring (bicyclic) bond motifs is 1. The number of nitrogens with zero attached hydrogens (tertiary/aromatic N) is 4. The number of aliphatic hydroxyl groups is 1. The van der Waals surface area contributed by atoms with Crippen molar-refractivity contribution >= 4 is 17.7 Å². The van der Waals surface area contributed by atoms with Crippen LogP contribution in [-0.4, -0.2) is 65.4 Å². The summed E-state index contributed by atoms with van der Waals surface area (Å²) in [6.07, 6.45) is -6.17. The van der Waals surface area contributed by atoms with Gasteiger partial charge in [-0.2, -0.15) is 4.98 Å². The largest absolute Gasteiger partial charge is 0.573 e. The molecule has 0 saturated heterocycles. The van der Waals surface area contributed by atoms with E-state index in [0.29, 0.717) is 11.1 Å². The molecule has 13 heteroatoms. The van der Waals surface area contributed by atoms with Gasteiger partial charge in [-0.15, -0.1) is 13.2 Å². The van der Waals surface area contributed by atoms with Crippen molar-refractivity contribution in [1.82, 2.24) is 14.5 Å². The Balaban J connectivity index is 1.74. The van der Waals surface area contributed by atoms with Crippen LogP contribution in [0.15, 0.2) is 48.5 Å². The number of amides is 1. The third kappa shape index (κ3) is 4.91. The molecule has 1 aliphatic heterocycles. The van der Waals surface area contributed by atoms with Crippen LogP contribution < -0.4 is 14.4 Å². The van der Waals surface area contributed by atoms with Gasteiger partial charge in [0.15, 0.2) is 11.5 Å². The molecule has 0 fully saturated rings. The number of aromatic nitrogens is 2. The summed E-state index contributed by atoms with van der Waals surface area (Å²) >= 11 is 0. The Hall–Kier alpha value is -4.26. The molecule has 1 atom stereocenters. The van der Waals surface area contributed by atoms with Gasteiger partial charge in [-0.1, -0.05) is 18.2 Å². The summed E-state index contributed by atoms with van der Waals surface area (Å²) in [4.78, 5) is 31.6. The Morgan fingerprint density at radius 1 is 1.08 bits per heavy atom. The summed E-state index contributed by atoms with van der Waals surface area (Å²) in [6.45, 7) is 0.0569. The zero-order chi connectivity index (χ0) is 26.2. The third-order valence-corrected chi connectivity index (χ3v) is 5.43. The van der Waals surface area contributed by atoms with Crippen LogP contribution in [0.5, 0.6) is 17.5 Å². The summed E-state index contributed by atoms with van der Waals surface area (Å²) in [7, 11) is 4.20. The number of esters is 1. The minimum absolute atomic E-state index is 0.0228. The van der Waals surface area contributed by atoms with Crippen molar-refractivity contribution in [3.05, 3.63) is 65.4 Å². The first-order valence-corrected chi connectivity index (χ1v) is 10.5. The van der Waals surface area contributed by atoms with Gasteiger partial charge in [0, 0.05) is 20.2 Å². The average Bonchev–Trinajstić information content (AvgIpc) is 3.18. The first-order chi connectivity index (χ1) is 17.0. The minimum Gasteiger partial charge on any atom is -0.465 e. The number of carbonyl (C=O) groups excluding carboxylic acids is 2. The zero-order valence-electron chi connectivity index (χ0n) is 19.3. The zero-order valence-corrected chi connectivity index (χ0v) is 19.3. The molecule has 4 rings (SSSR count). The molecule has 0 spiro atoms. The topological polar surface area (TPSA) is 106 Å². The number of halogens is 3. The maximum absolute atomic E-state index is 13.1. The number of ether oxygens (including phenoxy) is 3. The predicted molar refractivity (Wildman–Crippen MR) is 119 cm³/mol. The molecule has 3 aromatic rings. The van der Waals surface area contributed by atoms with Gasteiger partial charge in [-0.25, -0.2) is 4.79 Å². The molecular weight excluding hydrogens is 485 g/mol. The highest BCUT2D eigenvalue weighted by Gasteiger charge is 2.38.